The van der Waals surface area contributed by atoms with E-state index in [2.05, 4.69) is 68.9 Å². The predicted octanol–water partition coefficient (Wildman–Crippen LogP) is 1.98. The van der Waals surface area contributed by atoms with Crippen LogP contribution in [0, 0.1) is 13.8 Å². The summed E-state index contributed by atoms with van der Waals surface area (Å²) in [5.74, 6) is 0.179. The van der Waals surface area contributed by atoms with E-state index in [1.54, 1.807) is 0 Å². The monoisotopic (exact) mass is 364 g/mol. The Morgan fingerprint density at radius 2 is 2.15 bits per heavy atom. The number of hydrogen-bond acceptors (Lipinski definition) is 5. The molecule has 0 aliphatic carbocycles. The quantitative estimate of drug-likeness (QED) is 0.500. The van der Waals surface area contributed by atoms with Crippen molar-refractivity contribution in [2.24, 2.45) is 0 Å². The molecule has 0 atom stereocenters. The zero-order valence-corrected chi connectivity index (χ0v) is 15.4. The van der Waals surface area contributed by atoms with Crippen molar-refractivity contribution in [2.75, 3.05) is 0 Å². The van der Waals surface area contributed by atoms with Gasteiger partial charge in [-0.3, -0.25) is 9.89 Å². The number of fused-ring (bicyclic) bond motifs is 1. The van der Waals surface area contributed by atoms with Crippen LogP contribution in [0.4, 0.5) is 0 Å². The molecular weight excluding hydrogens is 344 g/mol. The largest absolute Gasteiger partial charge is 0.358 e. The maximum Gasteiger partial charge on any atom is 0.257 e. The number of nitrogens with one attached hydrogen (secondary N) is 3. The van der Waals surface area contributed by atoms with Gasteiger partial charge in [-0.2, -0.15) is 9.78 Å². The molecule has 4 rings (SSSR count). The van der Waals surface area contributed by atoms with E-state index in [0.29, 0.717) is 17.9 Å². The summed E-state index contributed by atoms with van der Waals surface area (Å²) < 4.78 is 1.37. The fourth-order valence-corrected chi connectivity index (χ4v) is 3.36. The van der Waals surface area contributed by atoms with Crippen LogP contribution in [0.1, 0.15) is 39.7 Å². The first kappa shape index (κ1) is 17.0. The lowest BCUT2D eigenvalue weighted by molar-refractivity contribution is 0.0951. The molecule has 0 bridgehead atoms. The number of benzene rings is 1. The van der Waals surface area contributed by atoms with Gasteiger partial charge in [-0.05, 0) is 47.9 Å². The molecule has 4 aromatic rings. The molecule has 0 fully saturated rings. The summed E-state index contributed by atoms with van der Waals surface area (Å²) in [5.41, 5.74) is 6.15. The lowest BCUT2D eigenvalue weighted by Crippen LogP contribution is -2.24. The van der Waals surface area contributed by atoms with Gasteiger partial charge in [0.05, 0.1) is 11.7 Å². The van der Waals surface area contributed by atoms with Crippen molar-refractivity contribution in [1.29, 1.82) is 0 Å². The molecule has 0 unspecified atom stereocenters. The summed E-state index contributed by atoms with van der Waals surface area (Å²) >= 11 is 0. The van der Waals surface area contributed by atoms with Gasteiger partial charge in [-0.15, -0.1) is 5.10 Å². The number of aromatic nitrogens is 7. The van der Waals surface area contributed by atoms with E-state index in [4.69, 9.17) is 0 Å². The Hall–Kier alpha value is -3.49. The number of hydrogen-bond donors (Lipinski definition) is 3. The zero-order chi connectivity index (χ0) is 19.0. The minimum Gasteiger partial charge on any atom is -0.358 e. The van der Waals surface area contributed by atoms with Crippen molar-refractivity contribution < 1.29 is 4.79 Å². The number of carbonyl (C=O) groups excluding carboxylic acids is 1. The Labute approximate surface area is 155 Å². The van der Waals surface area contributed by atoms with Gasteiger partial charge in [-0.1, -0.05) is 18.6 Å². The van der Waals surface area contributed by atoms with Crippen molar-refractivity contribution in [1.82, 2.24) is 40.7 Å². The summed E-state index contributed by atoms with van der Waals surface area (Å²) in [6.07, 6.45) is 3.81. The molecule has 9 heteroatoms. The van der Waals surface area contributed by atoms with Crippen LogP contribution < -0.4 is 5.32 Å². The molecule has 1 amide bonds. The van der Waals surface area contributed by atoms with Crippen molar-refractivity contribution in [3.63, 3.8) is 0 Å². The maximum absolute atomic E-state index is 12.7. The Kier molecular flexibility index (Phi) is 4.19. The SMILES string of the molecule is CCc1[nH]c2c(CNC(=O)c3cn[nH]c3-n3cnnn3)cc(C)cc2c1C. The fourth-order valence-electron chi connectivity index (χ4n) is 3.36. The first-order valence-corrected chi connectivity index (χ1v) is 8.74. The Morgan fingerprint density at radius 1 is 1.30 bits per heavy atom. The molecule has 0 radical (unpaired) electrons. The predicted molar refractivity (Wildman–Crippen MR) is 99.6 cm³/mol. The topological polar surface area (TPSA) is 117 Å². The highest BCUT2D eigenvalue weighted by Gasteiger charge is 2.17. The van der Waals surface area contributed by atoms with Crippen LogP contribution >= 0.6 is 0 Å². The number of carbonyl (C=O) groups is 1. The standard InChI is InChI=1S/C18H20N8O/c1-4-15-11(3)13-6-10(2)5-12(16(13)22-15)7-19-18(27)14-8-20-23-17(14)26-9-21-24-25-26/h5-6,8-9,22H,4,7H2,1-3H3,(H,19,27)(H,20,23). The van der Waals surface area contributed by atoms with E-state index < -0.39 is 0 Å². The maximum atomic E-state index is 12.7. The van der Waals surface area contributed by atoms with Crippen molar-refractivity contribution >= 4 is 16.8 Å². The average molecular weight is 364 g/mol. The van der Waals surface area contributed by atoms with Crippen molar-refractivity contribution in [2.45, 2.75) is 33.7 Å². The van der Waals surface area contributed by atoms with E-state index in [9.17, 15) is 4.79 Å². The minimum absolute atomic E-state index is 0.247. The number of H-pyrrole nitrogens is 2. The second-order valence-corrected chi connectivity index (χ2v) is 6.50. The molecule has 0 saturated heterocycles. The first-order chi connectivity index (χ1) is 13.1. The van der Waals surface area contributed by atoms with Crippen LogP contribution in [0.25, 0.3) is 16.7 Å². The number of aromatic amines is 2. The van der Waals surface area contributed by atoms with Crippen LogP contribution in [0.2, 0.25) is 0 Å². The third-order valence-electron chi connectivity index (χ3n) is 4.73. The highest BCUT2D eigenvalue weighted by atomic mass is 16.1. The van der Waals surface area contributed by atoms with Gasteiger partial charge in [0.25, 0.3) is 5.91 Å². The van der Waals surface area contributed by atoms with Gasteiger partial charge in [0.1, 0.15) is 11.9 Å². The number of rotatable bonds is 5. The van der Waals surface area contributed by atoms with Gasteiger partial charge in [0, 0.05) is 17.6 Å². The van der Waals surface area contributed by atoms with E-state index in [1.165, 1.54) is 33.8 Å². The Morgan fingerprint density at radius 3 is 2.89 bits per heavy atom. The third-order valence-corrected chi connectivity index (χ3v) is 4.73. The molecule has 9 nitrogen and oxygen atoms in total. The van der Waals surface area contributed by atoms with Crippen LogP contribution in [0.3, 0.4) is 0 Å². The molecule has 138 valence electrons. The molecule has 3 heterocycles. The van der Waals surface area contributed by atoms with Crippen LogP contribution in [-0.4, -0.2) is 41.3 Å². The van der Waals surface area contributed by atoms with Crippen LogP contribution in [0.5, 0.6) is 0 Å². The van der Waals surface area contributed by atoms with Crippen molar-refractivity contribution in [3.8, 4) is 5.82 Å². The number of tetrazole rings is 1. The average Bonchev–Trinajstić information content (AvgIpc) is 3.39. The van der Waals surface area contributed by atoms with Gasteiger partial charge < -0.3 is 10.3 Å². The van der Waals surface area contributed by atoms with Gasteiger partial charge in [0.2, 0.25) is 0 Å². The minimum atomic E-state index is -0.247. The molecule has 0 saturated carbocycles. The van der Waals surface area contributed by atoms with Gasteiger partial charge in [0.15, 0.2) is 5.82 Å². The summed E-state index contributed by atoms with van der Waals surface area (Å²) in [6.45, 7) is 6.73. The zero-order valence-electron chi connectivity index (χ0n) is 15.4. The lowest BCUT2D eigenvalue weighted by atomic mass is 10.0. The van der Waals surface area contributed by atoms with E-state index in [-0.39, 0.29) is 5.91 Å². The summed E-state index contributed by atoms with van der Waals surface area (Å²) in [7, 11) is 0. The number of amides is 1. The summed E-state index contributed by atoms with van der Waals surface area (Å²) in [6, 6.07) is 4.27. The fraction of sp³-hybridized carbons (Fsp3) is 0.278. The third kappa shape index (κ3) is 2.97. The highest BCUT2D eigenvalue weighted by molar-refractivity contribution is 5.97. The van der Waals surface area contributed by atoms with Crippen LogP contribution in [0.15, 0.2) is 24.7 Å². The second kappa shape index (κ2) is 6.67. The van der Waals surface area contributed by atoms with E-state index in [0.717, 1.165) is 23.1 Å². The van der Waals surface area contributed by atoms with E-state index in [1.807, 2.05) is 0 Å². The van der Waals surface area contributed by atoms with Crippen LogP contribution in [-0.2, 0) is 13.0 Å². The lowest BCUT2D eigenvalue weighted by Gasteiger charge is -2.08. The molecule has 0 aliphatic heterocycles. The molecular formula is C18H20N8O. The smallest absolute Gasteiger partial charge is 0.257 e. The van der Waals surface area contributed by atoms with Crippen molar-refractivity contribution in [3.05, 3.63) is 52.6 Å². The second-order valence-electron chi connectivity index (χ2n) is 6.50. The first-order valence-electron chi connectivity index (χ1n) is 8.74. The number of aryl methyl sites for hydroxylation is 3. The Balaban J connectivity index is 1.61. The summed E-state index contributed by atoms with van der Waals surface area (Å²) in [5, 5.41) is 21.8. The molecule has 27 heavy (non-hydrogen) atoms. The highest BCUT2D eigenvalue weighted by Crippen LogP contribution is 2.26. The molecule has 0 spiro atoms. The van der Waals surface area contributed by atoms with Gasteiger partial charge >= 0.3 is 0 Å². The Bertz CT molecular complexity index is 1110. The molecule has 1 aromatic carbocycles. The molecule has 0 aliphatic rings. The van der Waals surface area contributed by atoms with E-state index >= 15 is 0 Å². The number of nitrogens with zero attached hydrogens (tertiary/aromatic N) is 5. The normalized spacial score (nSPS) is 11.2. The molecule has 3 N–H and O–H groups in total. The molecule has 3 aromatic heterocycles. The summed E-state index contributed by atoms with van der Waals surface area (Å²) in [4.78, 5) is 16.2. The van der Waals surface area contributed by atoms with Gasteiger partial charge in [-0.25, -0.2) is 0 Å².